The van der Waals surface area contributed by atoms with E-state index in [0.717, 1.165) is 0 Å². The van der Waals surface area contributed by atoms with Crippen molar-refractivity contribution in [1.82, 2.24) is 5.32 Å². The molecule has 0 bridgehead atoms. The molecule has 1 heterocycles. The fourth-order valence-corrected chi connectivity index (χ4v) is 3.82. The molecule has 2 N–H and O–H groups in total. The van der Waals surface area contributed by atoms with Crippen molar-refractivity contribution in [3.05, 3.63) is 0 Å². The van der Waals surface area contributed by atoms with E-state index in [1.54, 1.807) is 0 Å². The van der Waals surface area contributed by atoms with Gasteiger partial charge in [0.05, 0.1) is 0 Å². The van der Waals surface area contributed by atoms with E-state index in [1.165, 1.54) is 37.2 Å². The average molecular weight is 215 g/mol. The van der Waals surface area contributed by atoms with Gasteiger partial charge >= 0.3 is 0 Å². The highest BCUT2D eigenvalue weighted by atomic mass is 32.2. The highest BCUT2D eigenvalue weighted by Gasteiger charge is 2.39. The lowest BCUT2D eigenvalue weighted by atomic mass is 9.85. The molecule has 0 aromatic carbocycles. The molecule has 0 amide bonds. The zero-order valence-corrected chi connectivity index (χ0v) is 9.78. The molecule has 2 rings (SSSR count). The monoisotopic (exact) mass is 215 g/mol. The lowest BCUT2D eigenvalue weighted by Crippen LogP contribution is -2.46. The van der Waals surface area contributed by atoms with Gasteiger partial charge in [-0.05, 0) is 25.0 Å². The van der Waals surface area contributed by atoms with Crippen LogP contribution in [-0.2, 0) is 0 Å². The van der Waals surface area contributed by atoms with Crippen molar-refractivity contribution in [2.45, 2.75) is 44.7 Å². The molecule has 2 aliphatic rings. The first-order valence-electron chi connectivity index (χ1n) is 5.69. The van der Waals surface area contributed by atoms with Crippen LogP contribution in [0.15, 0.2) is 0 Å². The van der Waals surface area contributed by atoms with Gasteiger partial charge in [0.2, 0.25) is 0 Å². The van der Waals surface area contributed by atoms with Crippen molar-refractivity contribution in [3.63, 3.8) is 0 Å². The second kappa shape index (κ2) is 4.42. The molecule has 3 atom stereocenters. The molecular formula is C11H21NOS. The Balaban J connectivity index is 1.89. The van der Waals surface area contributed by atoms with Crippen molar-refractivity contribution >= 4 is 11.8 Å². The summed E-state index contributed by atoms with van der Waals surface area (Å²) in [6, 6.07) is 1.25. The van der Waals surface area contributed by atoms with Gasteiger partial charge in [-0.3, -0.25) is 0 Å². The van der Waals surface area contributed by atoms with Gasteiger partial charge in [0, 0.05) is 29.9 Å². The number of aliphatic hydroxyl groups excluding tert-OH is 1. The third kappa shape index (κ3) is 2.10. The van der Waals surface area contributed by atoms with Crippen LogP contribution in [0, 0.1) is 5.41 Å². The molecule has 14 heavy (non-hydrogen) atoms. The predicted molar refractivity (Wildman–Crippen MR) is 61.7 cm³/mol. The number of nitrogens with one attached hydrogen (secondary N) is 1. The maximum Gasteiger partial charge on any atom is 0.0499 e. The fraction of sp³-hybridized carbons (Fsp3) is 1.00. The maximum absolute atomic E-state index is 9.42. The van der Waals surface area contributed by atoms with Gasteiger partial charge in [-0.15, -0.1) is 0 Å². The molecule has 1 saturated heterocycles. The highest BCUT2D eigenvalue weighted by molar-refractivity contribution is 7.99. The molecule has 0 spiro atoms. The Morgan fingerprint density at radius 1 is 1.50 bits per heavy atom. The molecule has 0 aromatic heterocycles. The second-order valence-corrected chi connectivity index (χ2v) is 6.13. The number of rotatable bonds is 3. The number of hydrogen-bond acceptors (Lipinski definition) is 3. The highest BCUT2D eigenvalue weighted by Crippen LogP contribution is 2.38. The van der Waals surface area contributed by atoms with E-state index in [4.69, 9.17) is 0 Å². The summed E-state index contributed by atoms with van der Waals surface area (Å²) in [5.74, 6) is 2.57. The van der Waals surface area contributed by atoms with Gasteiger partial charge in [-0.2, -0.15) is 11.8 Å². The van der Waals surface area contributed by atoms with Gasteiger partial charge in [-0.1, -0.05) is 13.3 Å². The Bertz CT molecular complexity index is 194. The topological polar surface area (TPSA) is 32.3 Å². The Morgan fingerprint density at radius 3 is 3.00 bits per heavy atom. The Hall–Kier alpha value is 0.270. The summed E-state index contributed by atoms with van der Waals surface area (Å²) in [4.78, 5) is 0. The van der Waals surface area contributed by atoms with E-state index < -0.39 is 0 Å². The molecule has 3 unspecified atom stereocenters. The van der Waals surface area contributed by atoms with Crippen LogP contribution in [0.2, 0.25) is 0 Å². The maximum atomic E-state index is 9.42. The largest absolute Gasteiger partial charge is 0.396 e. The standard InChI is InChI=1S/C11H21NOS/c1-11(8-13)5-2-3-10(11)12-9-4-6-14-7-9/h9-10,12-13H,2-8H2,1H3. The number of hydrogen-bond donors (Lipinski definition) is 2. The SMILES string of the molecule is CC1(CO)CCCC1NC1CCSC1. The van der Waals surface area contributed by atoms with Gasteiger partial charge < -0.3 is 10.4 Å². The van der Waals surface area contributed by atoms with Crippen LogP contribution < -0.4 is 5.32 Å². The second-order valence-electron chi connectivity index (χ2n) is 4.98. The summed E-state index contributed by atoms with van der Waals surface area (Å²) in [7, 11) is 0. The van der Waals surface area contributed by atoms with E-state index >= 15 is 0 Å². The lowest BCUT2D eigenvalue weighted by molar-refractivity contribution is 0.115. The van der Waals surface area contributed by atoms with Crippen molar-refractivity contribution in [2.75, 3.05) is 18.1 Å². The van der Waals surface area contributed by atoms with Gasteiger partial charge in [0.1, 0.15) is 0 Å². The first-order valence-corrected chi connectivity index (χ1v) is 6.85. The zero-order chi connectivity index (χ0) is 10.0. The molecule has 1 aliphatic carbocycles. The van der Waals surface area contributed by atoms with Gasteiger partial charge in [0.25, 0.3) is 0 Å². The lowest BCUT2D eigenvalue weighted by Gasteiger charge is -2.32. The molecule has 1 aliphatic heterocycles. The summed E-state index contributed by atoms with van der Waals surface area (Å²) >= 11 is 2.05. The average Bonchev–Trinajstić information content (AvgIpc) is 2.79. The molecule has 82 valence electrons. The molecular weight excluding hydrogens is 194 g/mol. The summed E-state index contributed by atoms with van der Waals surface area (Å²) in [5, 5.41) is 13.2. The summed E-state index contributed by atoms with van der Waals surface area (Å²) < 4.78 is 0. The van der Waals surface area contributed by atoms with Gasteiger partial charge in [-0.25, -0.2) is 0 Å². The third-order valence-corrected chi connectivity index (χ3v) is 4.97. The van der Waals surface area contributed by atoms with Crippen molar-refractivity contribution in [1.29, 1.82) is 0 Å². The van der Waals surface area contributed by atoms with Crippen LogP contribution in [0.3, 0.4) is 0 Å². The summed E-state index contributed by atoms with van der Waals surface area (Å²) in [5.41, 5.74) is 0.146. The zero-order valence-electron chi connectivity index (χ0n) is 8.96. The van der Waals surface area contributed by atoms with Crippen molar-refractivity contribution in [2.24, 2.45) is 5.41 Å². The first kappa shape index (κ1) is 10.8. The Morgan fingerprint density at radius 2 is 2.36 bits per heavy atom. The van der Waals surface area contributed by atoms with Crippen molar-refractivity contribution in [3.8, 4) is 0 Å². The van der Waals surface area contributed by atoms with E-state index in [0.29, 0.717) is 18.7 Å². The van der Waals surface area contributed by atoms with Gasteiger partial charge in [0.15, 0.2) is 0 Å². The molecule has 1 saturated carbocycles. The minimum atomic E-state index is 0.146. The minimum Gasteiger partial charge on any atom is -0.396 e. The molecule has 2 nitrogen and oxygen atoms in total. The summed E-state index contributed by atoms with van der Waals surface area (Å²) in [6.07, 6.45) is 5.01. The van der Waals surface area contributed by atoms with Crippen molar-refractivity contribution < 1.29 is 5.11 Å². The Kier molecular flexibility index (Phi) is 3.40. The predicted octanol–water partition coefficient (Wildman–Crippen LogP) is 1.63. The molecule has 0 radical (unpaired) electrons. The van der Waals surface area contributed by atoms with Crippen LogP contribution in [0.4, 0.5) is 0 Å². The van der Waals surface area contributed by atoms with E-state index in [2.05, 4.69) is 12.2 Å². The molecule has 2 fully saturated rings. The smallest absolute Gasteiger partial charge is 0.0499 e. The first-order chi connectivity index (χ1) is 6.74. The number of aliphatic hydroxyl groups is 1. The quantitative estimate of drug-likeness (QED) is 0.750. The van der Waals surface area contributed by atoms with Crippen LogP contribution in [-0.4, -0.2) is 35.3 Å². The minimum absolute atomic E-state index is 0.146. The van der Waals surface area contributed by atoms with E-state index in [9.17, 15) is 5.11 Å². The van der Waals surface area contributed by atoms with Crippen LogP contribution >= 0.6 is 11.8 Å². The molecule has 0 aromatic rings. The van der Waals surface area contributed by atoms with E-state index in [-0.39, 0.29) is 5.41 Å². The van der Waals surface area contributed by atoms with Crippen LogP contribution in [0.5, 0.6) is 0 Å². The van der Waals surface area contributed by atoms with Crippen LogP contribution in [0.1, 0.15) is 32.6 Å². The van der Waals surface area contributed by atoms with E-state index in [1.807, 2.05) is 11.8 Å². The summed E-state index contributed by atoms with van der Waals surface area (Å²) in [6.45, 7) is 2.56. The molecule has 3 heteroatoms. The fourth-order valence-electron chi connectivity index (χ4n) is 2.66. The third-order valence-electron chi connectivity index (χ3n) is 3.81. The number of thioether (sulfide) groups is 1. The normalized spacial score (nSPS) is 43.3. The van der Waals surface area contributed by atoms with Crippen LogP contribution in [0.25, 0.3) is 0 Å². The Labute approximate surface area is 90.8 Å².